The van der Waals surface area contributed by atoms with E-state index in [1.807, 2.05) is 30.9 Å². The number of nitrogens with zero attached hydrogens (tertiary/aromatic N) is 2. The molecule has 0 saturated carbocycles. The minimum Gasteiger partial charge on any atom is -0.376 e. The Morgan fingerprint density at radius 2 is 1.59 bits per heavy atom. The summed E-state index contributed by atoms with van der Waals surface area (Å²) in [6, 6.07) is 8.15. The molecule has 3 nitrogen and oxygen atoms in total. The van der Waals surface area contributed by atoms with Crippen LogP contribution in [0.3, 0.4) is 0 Å². The van der Waals surface area contributed by atoms with Gasteiger partial charge >= 0.3 is 0 Å². The van der Waals surface area contributed by atoms with Gasteiger partial charge in [0, 0.05) is 30.6 Å². The Labute approximate surface area is 182 Å². The Kier molecular flexibility index (Phi) is 12.8. The summed E-state index contributed by atoms with van der Waals surface area (Å²) < 4.78 is 8.37. The molecule has 2 aromatic rings. The fourth-order valence-corrected chi connectivity index (χ4v) is 3.80. The van der Waals surface area contributed by atoms with Crippen LogP contribution in [0.4, 0.5) is 0 Å². The first-order valence-electron chi connectivity index (χ1n) is 11.6. The summed E-state index contributed by atoms with van der Waals surface area (Å²) in [5.41, 5.74) is 1.31. The van der Waals surface area contributed by atoms with E-state index in [9.17, 15) is 0 Å². The number of benzene rings is 1. The molecular formula is C25H39ClN2O. The van der Waals surface area contributed by atoms with Crippen molar-refractivity contribution in [1.29, 1.82) is 0 Å². The Hall–Kier alpha value is -1.32. The molecule has 0 N–H and O–H groups in total. The van der Waals surface area contributed by atoms with Crippen LogP contribution in [0, 0.1) is 0 Å². The van der Waals surface area contributed by atoms with Crippen molar-refractivity contribution in [3.05, 3.63) is 53.6 Å². The monoisotopic (exact) mass is 418 g/mol. The summed E-state index contributed by atoms with van der Waals surface area (Å²) in [6.07, 6.45) is 21.5. The van der Waals surface area contributed by atoms with Gasteiger partial charge in [0.25, 0.3) is 0 Å². The summed E-state index contributed by atoms with van der Waals surface area (Å²) in [6.45, 7) is 4.00. The fourth-order valence-electron chi connectivity index (χ4n) is 3.68. The van der Waals surface area contributed by atoms with Crippen LogP contribution in [0.2, 0.25) is 5.02 Å². The third kappa shape index (κ3) is 11.4. The van der Waals surface area contributed by atoms with Gasteiger partial charge in [0.1, 0.15) is 0 Å². The molecular weight excluding hydrogens is 380 g/mol. The van der Waals surface area contributed by atoms with E-state index in [0.29, 0.717) is 0 Å². The Balaban J connectivity index is 1.59. The number of hydrogen-bond donors (Lipinski definition) is 0. The predicted molar refractivity (Wildman–Crippen MR) is 124 cm³/mol. The zero-order chi connectivity index (χ0) is 20.6. The normalized spacial score (nSPS) is 12.3. The molecule has 1 heterocycles. The lowest BCUT2D eigenvalue weighted by Gasteiger charge is -2.19. The number of imidazole rings is 1. The van der Waals surface area contributed by atoms with Crippen molar-refractivity contribution in [2.24, 2.45) is 0 Å². The van der Waals surface area contributed by atoms with E-state index < -0.39 is 0 Å². The highest BCUT2D eigenvalue weighted by Gasteiger charge is 2.10. The molecule has 29 heavy (non-hydrogen) atoms. The van der Waals surface area contributed by atoms with Crippen molar-refractivity contribution in [2.75, 3.05) is 6.61 Å². The SMILES string of the molecule is CCCCCCCCCCCCOC(CCc1ccc(Cl)cc1)Cn1ccnc1. The van der Waals surface area contributed by atoms with Crippen molar-refractivity contribution < 1.29 is 4.74 Å². The number of rotatable bonds is 17. The largest absolute Gasteiger partial charge is 0.376 e. The average Bonchev–Trinajstić information content (AvgIpc) is 3.24. The second kappa shape index (κ2) is 15.5. The Bertz CT molecular complexity index is 612. The molecule has 1 aromatic carbocycles. The van der Waals surface area contributed by atoms with Crippen molar-refractivity contribution in [3.63, 3.8) is 0 Å². The van der Waals surface area contributed by atoms with E-state index in [4.69, 9.17) is 16.3 Å². The van der Waals surface area contributed by atoms with Gasteiger partial charge in [-0.25, -0.2) is 4.98 Å². The van der Waals surface area contributed by atoms with Gasteiger partial charge < -0.3 is 9.30 Å². The molecule has 0 aliphatic heterocycles. The predicted octanol–water partition coefficient (Wildman–Crippen LogP) is 7.48. The number of halogens is 1. The maximum atomic E-state index is 6.26. The van der Waals surface area contributed by atoms with Crippen LogP contribution in [0.1, 0.15) is 83.1 Å². The van der Waals surface area contributed by atoms with Crippen molar-refractivity contribution >= 4 is 11.6 Å². The molecule has 0 aliphatic rings. The zero-order valence-electron chi connectivity index (χ0n) is 18.2. The van der Waals surface area contributed by atoms with Crippen molar-refractivity contribution in [2.45, 2.75) is 96.6 Å². The third-order valence-electron chi connectivity index (χ3n) is 5.49. The molecule has 0 spiro atoms. The minimum absolute atomic E-state index is 0.221. The average molecular weight is 419 g/mol. The molecule has 0 aliphatic carbocycles. The van der Waals surface area contributed by atoms with Crippen LogP contribution in [0.15, 0.2) is 43.0 Å². The first-order valence-corrected chi connectivity index (χ1v) is 12.0. The molecule has 0 fully saturated rings. The summed E-state index contributed by atoms with van der Waals surface area (Å²) in [5.74, 6) is 0. The number of hydrogen-bond acceptors (Lipinski definition) is 2. The van der Waals surface area contributed by atoms with Gasteiger partial charge in [-0.3, -0.25) is 0 Å². The van der Waals surface area contributed by atoms with Gasteiger partial charge in [-0.05, 0) is 37.0 Å². The summed E-state index contributed by atoms with van der Waals surface area (Å²) in [7, 11) is 0. The quantitative estimate of drug-likeness (QED) is 0.249. The molecule has 1 unspecified atom stereocenters. The minimum atomic E-state index is 0.221. The van der Waals surface area contributed by atoms with Crippen molar-refractivity contribution in [3.8, 4) is 0 Å². The lowest BCUT2D eigenvalue weighted by molar-refractivity contribution is 0.0336. The lowest BCUT2D eigenvalue weighted by Crippen LogP contribution is -2.21. The molecule has 1 atom stereocenters. The van der Waals surface area contributed by atoms with E-state index in [1.165, 1.54) is 63.4 Å². The first kappa shape index (κ1) is 24.0. The van der Waals surface area contributed by atoms with Crippen LogP contribution in [0.5, 0.6) is 0 Å². The van der Waals surface area contributed by atoms with Gasteiger partial charge in [-0.1, -0.05) is 88.4 Å². The molecule has 0 radical (unpaired) electrons. The van der Waals surface area contributed by atoms with Gasteiger partial charge in [0.05, 0.1) is 12.4 Å². The van der Waals surface area contributed by atoms with Gasteiger partial charge in [-0.15, -0.1) is 0 Å². The van der Waals surface area contributed by atoms with E-state index in [1.54, 1.807) is 0 Å². The topological polar surface area (TPSA) is 27.1 Å². The van der Waals surface area contributed by atoms with Crippen LogP contribution in [0.25, 0.3) is 0 Å². The number of ether oxygens (including phenoxy) is 1. The molecule has 2 rings (SSSR count). The fraction of sp³-hybridized carbons (Fsp3) is 0.640. The van der Waals surface area contributed by atoms with E-state index in [0.717, 1.165) is 37.4 Å². The molecule has 0 bridgehead atoms. The lowest BCUT2D eigenvalue weighted by atomic mass is 10.1. The molecule has 0 amide bonds. The zero-order valence-corrected chi connectivity index (χ0v) is 19.0. The summed E-state index contributed by atoms with van der Waals surface area (Å²) >= 11 is 5.99. The molecule has 1 aromatic heterocycles. The molecule has 4 heteroatoms. The Morgan fingerprint density at radius 1 is 0.931 bits per heavy atom. The van der Waals surface area contributed by atoms with E-state index in [-0.39, 0.29) is 6.10 Å². The second-order valence-corrected chi connectivity index (χ2v) is 8.54. The Morgan fingerprint density at radius 3 is 2.21 bits per heavy atom. The van der Waals surface area contributed by atoms with Crippen LogP contribution >= 0.6 is 11.6 Å². The highest BCUT2D eigenvalue weighted by atomic mass is 35.5. The van der Waals surface area contributed by atoms with Crippen LogP contribution in [-0.4, -0.2) is 22.3 Å². The van der Waals surface area contributed by atoms with Crippen LogP contribution in [-0.2, 0) is 17.7 Å². The van der Waals surface area contributed by atoms with E-state index in [2.05, 4.69) is 28.6 Å². The first-order chi connectivity index (χ1) is 14.3. The van der Waals surface area contributed by atoms with Gasteiger partial charge in [0.2, 0.25) is 0 Å². The molecule has 0 saturated heterocycles. The van der Waals surface area contributed by atoms with Crippen molar-refractivity contribution in [1.82, 2.24) is 9.55 Å². The number of unbranched alkanes of at least 4 members (excludes halogenated alkanes) is 9. The van der Waals surface area contributed by atoms with E-state index >= 15 is 0 Å². The molecule has 162 valence electrons. The highest BCUT2D eigenvalue weighted by Crippen LogP contribution is 2.15. The number of aryl methyl sites for hydroxylation is 1. The van der Waals surface area contributed by atoms with Gasteiger partial charge in [0.15, 0.2) is 0 Å². The number of aromatic nitrogens is 2. The third-order valence-corrected chi connectivity index (χ3v) is 5.75. The maximum Gasteiger partial charge on any atom is 0.0946 e. The summed E-state index contributed by atoms with van der Waals surface area (Å²) in [4.78, 5) is 4.16. The standard InChI is InChI=1S/C25H39ClN2O/c1-2-3-4-5-6-7-8-9-10-11-20-29-25(21-28-19-18-27-22-28)17-14-23-12-15-24(26)16-13-23/h12-13,15-16,18-19,22,25H,2-11,14,17,20-21H2,1H3. The maximum absolute atomic E-state index is 6.26. The van der Waals surface area contributed by atoms with Crippen LogP contribution < -0.4 is 0 Å². The summed E-state index contributed by atoms with van der Waals surface area (Å²) in [5, 5.41) is 0.793. The second-order valence-electron chi connectivity index (χ2n) is 8.10. The van der Waals surface area contributed by atoms with Gasteiger partial charge in [-0.2, -0.15) is 0 Å². The smallest absolute Gasteiger partial charge is 0.0946 e. The highest BCUT2D eigenvalue weighted by molar-refractivity contribution is 6.30.